The molecular weight excluding hydrogens is 234 g/mol. The maximum Gasteiger partial charge on any atom is 0.314 e. The Hall–Kier alpha value is -2.61. The van der Waals surface area contributed by atoms with E-state index < -0.39 is 34.7 Å². The normalized spacial score (nSPS) is 9.71. The first-order valence-electron chi connectivity index (χ1n) is 4.24. The van der Waals surface area contributed by atoms with E-state index in [4.69, 9.17) is 10.5 Å². The van der Waals surface area contributed by atoms with Crippen LogP contribution in [0.5, 0.6) is 0 Å². The first-order chi connectivity index (χ1) is 8.02. The van der Waals surface area contributed by atoms with E-state index in [1.54, 1.807) is 6.07 Å². The molecule has 6 nitrogen and oxygen atoms in total. The minimum atomic E-state index is -3.14. The van der Waals surface area contributed by atoms with Gasteiger partial charge in [-0.3, -0.25) is 10.1 Å². The molecule has 0 aliphatic heterocycles. The van der Waals surface area contributed by atoms with E-state index in [0.717, 1.165) is 6.20 Å². The zero-order valence-electron chi connectivity index (χ0n) is 8.22. The van der Waals surface area contributed by atoms with Crippen LogP contribution in [-0.4, -0.2) is 9.91 Å². The Morgan fingerprint density at radius 2 is 2.18 bits per heavy atom. The van der Waals surface area contributed by atoms with Gasteiger partial charge >= 0.3 is 5.69 Å². The van der Waals surface area contributed by atoms with Crippen molar-refractivity contribution in [1.82, 2.24) is 4.98 Å². The van der Waals surface area contributed by atoms with Gasteiger partial charge in [-0.15, -0.1) is 0 Å². The minimum absolute atomic E-state index is 0.242. The molecule has 0 amide bonds. The number of nitrogens with zero attached hydrogens (tertiary/aromatic N) is 4. The molecule has 0 aliphatic rings. The van der Waals surface area contributed by atoms with Crippen molar-refractivity contribution in [2.75, 3.05) is 0 Å². The summed E-state index contributed by atoms with van der Waals surface area (Å²) in [5.41, 5.74) is -2.88. The molecule has 0 radical (unpaired) electrons. The Balaban J connectivity index is 3.62. The number of nitro groups is 1. The summed E-state index contributed by atoms with van der Waals surface area (Å²) in [7, 11) is 0. The summed E-state index contributed by atoms with van der Waals surface area (Å²) in [5, 5.41) is 27.7. The zero-order valence-corrected chi connectivity index (χ0v) is 8.22. The monoisotopic (exact) mass is 238 g/mol. The van der Waals surface area contributed by atoms with Gasteiger partial charge in [0.05, 0.1) is 17.4 Å². The lowest BCUT2D eigenvalue weighted by molar-refractivity contribution is -0.386. The average molecular weight is 238 g/mol. The van der Waals surface area contributed by atoms with Crippen LogP contribution in [-0.2, 0) is 6.42 Å². The fourth-order valence-corrected chi connectivity index (χ4v) is 1.29. The molecule has 0 fully saturated rings. The predicted molar refractivity (Wildman–Crippen MR) is 49.9 cm³/mol. The molecule has 1 heterocycles. The summed E-state index contributed by atoms with van der Waals surface area (Å²) in [4.78, 5) is 13.0. The van der Waals surface area contributed by atoms with Gasteiger partial charge in [0.25, 0.3) is 6.43 Å². The second-order valence-electron chi connectivity index (χ2n) is 2.90. The standard InChI is InChI=1S/C9H4F2N4O2/c10-9(11)7-5(1-2-12)4-14-6(3-13)8(7)15(16)17/h4,9H,1H2. The van der Waals surface area contributed by atoms with Gasteiger partial charge in [-0.05, 0) is 0 Å². The third-order valence-electron chi connectivity index (χ3n) is 1.95. The molecular formula is C9H4F2N4O2. The number of hydrogen-bond acceptors (Lipinski definition) is 5. The van der Waals surface area contributed by atoms with E-state index in [1.807, 2.05) is 0 Å². The molecule has 0 atom stereocenters. The molecule has 0 aliphatic carbocycles. The smallest absolute Gasteiger partial charge is 0.258 e. The highest BCUT2D eigenvalue weighted by Gasteiger charge is 2.30. The summed E-state index contributed by atoms with van der Waals surface area (Å²) in [6, 6.07) is 2.98. The first kappa shape index (κ1) is 12.5. The summed E-state index contributed by atoms with van der Waals surface area (Å²) < 4.78 is 25.5. The van der Waals surface area contributed by atoms with E-state index in [-0.39, 0.29) is 5.56 Å². The van der Waals surface area contributed by atoms with E-state index in [0.29, 0.717) is 0 Å². The van der Waals surface area contributed by atoms with Crippen molar-refractivity contribution in [1.29, 1.82) is 10.5 Å². The Labute approximate surface area is 93.9 Å². The number of pyridine rings is 1. The van der Waals surface area contributed by atoms with E-state index in [1.165, 1.54) is 6.07 Å². The highest BCUT2D eigenvalue weighted by molar-refractivity contribution is 5.54. The third-order valence-corrected chi connectivity index (χ3v) is 1.95. The van der Waals surface area contributed by atoms with Crippen molar-refractivity contribution in [3.8, 4) is 12.1 Å². The molecule has 0 aromatic carbocycles. The molecule has 0 N–H and O–H groups in total. The van der Waals surface area contributed by atoms with Crippen molar-refractivity contribution >= 4 is 5.69 Å². The number of nitriles is 2. The topological polar surface area (TPSA) is 104 Å². The summed E-state index contributed by atoms with van der Waals surface area (Å²) >= 11 is 0. The van der Waals surface area contributed by atoms with Crippen LogP contribution in [0.15, 0.2) is 6.20 Å². The second-order valence-corrected chi connectivity index (χ2v) is 2.90. The number of hydrogen-bond donors (Lipinski definition) is 0. The van der Waals surface area contributed by atoms with Crippen LogP contribution in [0.3, 0.4) is 0 Å². The molecule has 0 saturated heterocycles. The van der Waals surface area contributed by atoms with Crippen LogP contribution in [0.25, 0.3) is 0 Å². The minimum Gasteiger partial charge on any atom is -0.258 e. The molecule has 0 bridgehead atoms. The van der Waals surface area contributed by atoms with Gasteiger partial charge in [-0.1, -0.05) is 0 Å². The summed E-state index contributed by atoms with van der Waals surface area (Å²) in [6.45, 7) is 0. The second kappa shape index (κ2) is 4.94. The van der Waals surface area contributed by atoms with Gasteiger partial charge in [0.2, 0.25) is 5.69 Å². The maximum absolute atomic E-state index is 12.7. The molecule has 1 aromatic rings. The number of aromatic nitrogens is 1. The average Bonchev–Trinajstić information content (AvgIpc) is 2.28. The fraction of sp³-hybridized carbons (Fsp3) is 0.222. The third kappa shape index (κ3) is 2.32. The van der Waals surface area contributed by atoms with E-state index in [9.17, 15) is 18.9 Å². The van der Waals surface area contributed by atoms with Crippen LogP contribution in [0, 0.1) is 32.8 Å². The van der Waals surface area contributed by atoms with Crippen LogP contribution < -0.4 is 0 Å². The Morgan fingerprint density at radius 3 is 2.59 bits per heavy atom. The first-order valence-corrected chi connectivity index (χ1v) is 4.24. The lowest BCUT2D eigenvalue weighted by Crippen LogP contribution is -2.05. The lowest BCUT2D eigenvalue weighted by Gasteiger charge is -2.06. The van der Waals surface area contributed by atoms with Crippen LogP contribution in [0.1, 0.15) is 23.2 Å². The Bertz CT molecular complexity index is 545. The van der Waals surface area contributed by atoms with Gasteiger partial charge in [-0.2, -0.15) is 10.5 Å². The zero-order chi connectivity index (χ0) is 13.0. The van der Waals surface area contributed by atoms with Crippen LogP contribution in [0.4, 0.5) is 14.5 Å². The fourth-order valence-electron chi connectivity index (χ4n) is 1.29. The lowest BCUT2D eigenvalue weighted by atomic mass is 10.0. The number of halogens is 2. The molecule has 1 aromatic heterocycles. The van der Waals surface area contributed by atoms with Gasteiger partial charge < -0.3 is 0 Å². The molecule has 1 rings (SSSR count). The van der Waals surface area contributed by atoms with Gasteiger partial charge in [-0.25, -0.2) is 13.8 Å². The largest absolute Gasteiger partial charge is 0.314 e. The summed E-state index contributed by atoms with van der Waals surface area (Å²) in [6.07, 6.45) is -2.69. The van der Waals surface area contributed by atoms with Crippen molar-refractivity contribution < 1.29 is 13.7 Å². The van der Waals surface area contributed by atoms with Gasteiger partial charge in [0.15, 0.2) is 0 Å². The van der Waals surface area contributed by atoms with E-state index >= 15 is 0 Å². The summed E-state index contributed by atoms with van der Waals surface area (Å²) in [5.74, 6) is 0. The molecule has 0 spiro atoms. The van der Waals surface area contributed by atoms with Crippen LogP contribution in [0.2, 0.25) is 0 Å². The van der Waals surface area contributed by atoms with Gasteiger partial charge in [0.1, 0.15) is 11.6 Å². The van der Waals surface area contributed by atoms with Crippen molar-refractivity contribution in [3.05, 3.63) is 33.1 Å². The molecule has 0 unspecified atom stereocenters. The quantitative estimate of drug-likeness (QED) is 0.590. The Kier molecular flexibility index (Phi) is 3.62. The number of alkyl halides is 2. The number of rotatable bonds is 3. The SMILES string of the molecule is N#CCc1cnc(C#N)c([N+](=O)[O-])c1C(F)F. The molecule has 17 heavy (non-hydrogen) atoms. The highest BCUT2D eigenvalue weighted by Crippen LogP contribution is 2.33. The Morgan fingerprint density at radius 1 is 1.53 bits per heavy atom. The van der Waals surface area contributed by atoms with E-state index in [2.05, 4.69) is 4.98 Å². The van der Waals surface area contributed by atoms with Crippen molar-refractivity contribution in [3.63, 3.8) is 0 Å². The van der Waals surface area contributed by atoms with Crippen molar-refractivity contribution in [2.24, 2.45) is 0 Å². The molecule has 86 valence electrons. The predicted octanol–water partition coefficient (Wildman–Crippen LogP) is 1.87. The van der Waals surface area contributed by atoms with Crippen molar-refractivity contribution in [2.45, 2.75) is 12.8 Å². The maximum atomic E-state index is 12.7. The highest BCUT2D eigenvalue weighted by atomic mass is 19.3. The van der Waals surface area contributed by atoms with Gasteiger partial charge in [0, 0.05) is 11.8 Å². The molecule has 0 saturated carbocycles. The molecule has 8 heteroatoms. The van der Waals surface area contributed by atoms with Crippen LogP contribution >= 0.6 is 0 Å².